The molecule has 0 aromatic heterocycles. The smallest absolute Gasteiger partial charge is 0.407 e. The highest BCUT2D eigenvalue weighted by molar-refractivity contribution is 7.87. The van der Waals surface area contributed by atoms with Gasteiger partial charge in [0, 0.05) is 0 Å². The van der Waals surface area contributed by atoms with Crippen molar-refractivity contribution in [2.75, 3.05) is 6.61 Å². The molecule has 0 bridgehead atoms. The van der Waals surface area contributed by atoms with Crippen LogP contribution in [0.2, 0.25) is 0 Å². The maximum atomic E-state index is 12.0. The Hall–Kier alpha value is -0.720. The van der Waals surface area contributed by atoms with Crippen molar-refractivity contribution < 1.29 is 25.8 Å². The van der Waals surface area contributed by atoms with E-state index < -0.39 is 22.1 Å². The summed E-state index contributed by atoms with van der Waals surface area (Å²) in [7, 11) is -5.88. The molecule has 0 amide bonds. The number of hydrogen-bond acceptors (Lipinski definition) is 3. The van der Waals surface area contributed by atoms with Gasteiger partial charge in [-0.2, -0.15) is 17.2 Å². The highest BCUT2D eigenvalue weighted by Crippen LogP contribution is 2.23. The summed E-state index contributed by atoms with van der Waals surface area (Å²) in [6.07, 6.45) is 0.596. The first-order valence-corrected chi connectivity index (χ1v) is 3.74. The second kappa shape index (κ2) is 3.12. The second-order valence-electron chi connectivity index (χ2n) is 1.55. The van der Waals surface area contributed by atoms with Crippen molar-refractivity contribution in [1.82, 2.24) is 0 Å². The minimum Gasteiger partial charge on any atom is -0.494 e. The van der Waals surface area contributed by atoms with Crippen LogP contribution in [-0.4, -0.2) is 20.3 Å². The molecular weight excluding hydrogens is 185 g/mol. The SMILES string of the molecule is C=COCC(F)(F)S(=O)(=O)F. The van der Waals surface area contributed by atoms with E-state index in [1.165, 1.54) is 0 Å². The van der Waals surface area contributed by atoms with Crippen LogP contribution in [0.25, 0.3) is 0 Å². The molecular formula is C4H5F3O3S. The Morgan fingerprint density at radius 2 is 2.00 bits per heavy atom. The van der Waals surface area contributed by atoms with Gasteiger partial charge in [-0.05, 0) is 0 Å². The van der Waals surface area contributed by atoms with E-state index in [2.05, 4.69) is 11.3 Å². The van der Waals surface area contributed by atoms with Gasteiger partial charge < -0.3 is 4.74 Å². The van der Waals surface area contributed by atoms with E-state index in [-0.39, 0.29) is 0 Å². The standard InChI is InChI=1S/C4H5F3O3S/c1-2-10-3-4(5,6)11(7,8)9/h2H,1,3H2. The van der Waals surface area contributed by atoms with E-state index >= 15 is 0 Å². The molecule has 0 aromatic rings. The lowest BCUT2D eigenvalue weighted by Gasteiger charge is -2.09. The zero-order valence-electron chi connectivity index (χ0n) is 5.26. The summed E-state index contributed by atoms with van der Waals surface area (Å²) in [6.45, 7) is 1.31. The molecule has 3 nitrogen and oxygen atoms in total. The van der Waals surface area contributed by atoms with Crippen LogP contribution in [0.5, 0.6) is 0 Å². The minimum absolute atomic E-state index is 0.596. The van der Waals surface area contributed by atoms with Crippen LogP contribution in [0.15, 0.2) is 12.8 Å². The third kappa shape index (κ3) is 2.79. The third-order valence-corrected chi connectivity index (χ3v) is 1.56. The Kier molecular flexibility index (Phi) is 2.92. The van der Waals surface area contributed by atoms with Gasteiger partial charge in [-0.1, -0.05) is 10.5 Å². The van der Waals surface area contributed by atoms with Crippen molar-refractivity contribution in [3.8, 4) is 0 Å². The van der Waals surface area contributed by atoms with Crippen LogP contribution in [0.1, 0.15) is 0 Å². The second-order valence-corrected chi connectivity index (χ2v) is 3.03. The lowest BCUT2D eigenvalue weighted by Crippen LogP contribution is -2.30. The minimum atomic E-state index is -5.88. The van der Waals surface area contributed by atoms with Crippen molar-refractivity contribution in [3.05, 3.63) is 12.8 Å². The summed E-state index contributed by atoms with van der Waals surface area (Å²) in [4.78, 5) is 0. The monoisotopic (exact) mass is 190 g/mol. The van der Waals surface area contributed by atoms with Crippen molar-refractivity contribution >= 4 is 10.2 Å². The molecule has 0 atom stereocenters. The van der Waals surface area contributed by atoms with E-state index in [0.717, 1.165) is 0 Å². The summed E-state index contributed by atoms with van der Waals surface area (Å²) in [6, 6.07) is 0. The predicted molar refractivity (Wildman–Crippen MR) is 31.1 cm³/mol. The summed E-state index contributed by atoms with van der Waals surface area (Å²) in [5.41, 5.74) is 0. The van der Waals surface area contributed by atoms with Gasteiger partial charge in [0.1, 0.15) is 0 Å². The summed E-state index contributed by atoms with van der Waals surface area (Å²) in [5.74, 6) is 0. The van der Waals surface area contributed by atoms with Gasteiger partial charge in [-0.15, -0.1) is 0 Å². The number of halogens is 3. The zero-order valence-corrected chi connectivity index (χ0v) is 6.07. The van der Waals surface area contributed by atoms with E-state index in [0.29, 0.717) is 6.26 Å². The van der Waals surface area contributed by atoms with Gasteiger partial charge in [-0.3, -0.25) is 0 Å². The molecule has 66 valence electrons. The first-order chi connectivity index (χ1) is 4.81. The maximum absolute atomic E-state index is 12.0. The molecule has 0 aliphatic heterocycles. The molecule has 0 saturated carbocycles. The molecule has 0 aromatic carbocycles. The molecule has 0 spiro atoms. The number of alkyl halides is 2. The summed E-state index contributed by atoms with van der Waals surface area (Å²) in [5, 5.41) is -4.50. The van der Waals surface area contributed by atoms with Gasteiger partial charge in [0.05, 0.1) is 6.26 Å². The fraction of sp³-hybridized carbons (Fsp3) is 0.500. The molecule has 0 aliphatic rings. The Morgan fingerprint density at radius 3 is 2.27 bits per heavy atom. The fourth-order valence-electron chi connectivity index (χ4n) is 0.226. The van der Waals surface area contributed by atoms with Crippen LogP contribution in [0.3, 0.4) is 0 Å². The van der Waals surface area contributed by atoms with Crippen molar-refractivity contribution in [2.45, 2.75) is 5.25 Å². The third-order valence-electron chi connectivity index (χ3n) is 0.726. The van der Waals surface area contributed by atoms with E-state index in [1.807, 2.05) is 0 Å². The van der Waals surface area contributed by atoms with Gasteiger partial charge in [0.25, 0.3) is 0 Å². The Bertz CT molecular complexity index is 233. The maximum Gasteiger partial charge on any atom is 0.407 e. The largest absolute Gasteiger partial charge is 0.494 e. The van der Waals surface area contributed by atoms with Gasteiger partial charge >= 0.3 is 15.5 Å². The zero-order chi connectivity index (χ0) is 9.12. The van der Waals surface area contributed by atoms with Gasteiger partial charge in [0.2, 0.25) is 0 Å². The fourth-order valence-corrected chi connectivity index (χ4v) is 0.435. The van der Waals surface area contributed by atoms with Gasteiger partial charge in [0.15, 0.2) is 6.61 Å². The van der Waals surface area contributed by atoms with Crippen LogP contribution >= 0.6 is 0 Å². The highest BCUT2D eigenvalue weighted by Gasteiger charge is 2.46. The van der Waals surface area contributed by atoms with Crippen LogP contribution in [-0.2, 0) is 15.0 Å². The first-order valence-electron chi connectivity index (χ1n) is 2.36. The molecule has 0 radical (unpaired) electrons. The molecule has 0 aliphatic carbocycles. The van der Waals surface area contributed by atoms with E-state index in [4.69, 9.17) is 0 Å². The number of rotatable bonds is 4. The lowest BCUT2D eigenvalue weighted by atomic mass is 10.7. The molecule has 7 heteroatoms. The van der Waals surface area contributed by atoms with Crippen molar-refractivity contribution in [2.24, 2.45) is 0 Å². The summed E-state index contributed by atoms with van der Waals surface area (Å²) < 4.78 is 58.6. The number of ether oxygens (including phenoxy) is 1. The normalized spacial score (nSPS) is 12.6. The molecule has 11 heavy (non-hydrogen) atoms. The molecule has 0 N–H and O–H groups in total. The van der Waals surface area contributed by atoms with Crippen molar-refractivity contribution in [1.29, 1.82) is 0 Å². The predicted octanol–water partition coefficient (Wildman–Crippen LogP) is 1.04. The van der Waals surface area contributed by atoms with E-state index in [1.54, 1.807) is 0 Å². The molecule has 0 saturated heterocycles. The average Bonchev–Trinajstić information content (AvgIpc) is 1.81. The molecule has 0 rings (SSSR count). The molecule has 0 unspecified atom stereocenters. The topological polar surface area (TPSA) is 43.4 Å². The van der Waals surface area contributed by atoms with E-state index in [9.17, 15) is 21.1 Å². The quantitative estimate of drug-likeness (QED) is 0.491. The average molecular weight is 190 g/mol. The Morgan fingerprint density at radius 1 is 1.55 bits per heavy atom. The lowest BCUT2D eigenvalue weighted by molar-refractivity contribution is 0.0153. The first kappa shape index (κ1) is 10.3. The molecule has 0 fully saturated rings. The molecule has 0 heterocycles. The Labute approximate surface area is 61.7 Å². The number of hydrogen-bond donors (Lipinski definition) is 0. The van der Waals surface area contributed by atoms with Crippen LogP contribution in [0, 0.1) is 0 Å². The Balaban J connectivity index is 4.35. The van der Waals surface area contributed by atoms with Crippen molar-refractivity contribution in [3.63, 3.8) is 0 Å². The van der Waals surface area contributed by atoms with Crippen LogP contribution in [0.4, 0.5) is 12.7 Å². The van der Waals surface area contributed by atoms with Crippen LogP contribution < -0.4 is 0 Å². The van der Waals surface area contributed by atoms with Gasteiger partial charge in [-0.25, -0.2) is 0 Å². The summed E-state index contributed by atoms with van der Waals surface area (Å²) >= 11 is 0. The highest BCUT2D eigenvalue weighted by atomic mass is 32.3.